The van der Waals surface area contributed by atoms with Gasteiger partial charge in [0.1, 0.15) is 0 Å². The number of likely N-dealkylation sites (N-methyl/N-ethyl adjacent to an activating group) is 1. The van der Waals surface area contributed by atoms with Gasteiger partial charge >= 0.3 is 0 Å². The normalized spacial score (nSPS) is 16.0. The van der Waals surface area contributed by atoms with E-state index < -0.39 is 0 Å². The molecule has 3 N–H and O–H groups in total. The van der Waals surface area contributed by atoms with Crippen LogP contribution in [0.3, 0.4) is 0 Å². The second-order valence-corrected chi connectivity index (χ2v) is 4.25. The highest BCUT2D eigenvalue weighted by Crippen LogP contribution is 2.23. The van der Waals surface area contributed by atoms with Crippen molar-refractivity contribution < 1.29 is 4.79 Å². The molecule has 1 aliphatic rings. The summed E-state index contributed by atoms with van der Waals surface area (Å²) in [5, 5.41) is 3.22. The molecule has 0 radical (unpaired) electrons. The first-order chi connectivity index (χ1) is 7.61. The second kappa shape index (κ2) is 4.14. The zero-order chi connectivity index (χ0) is 11.7. The maximum atomic E-state index is 11.2. The maximum absolute atomic E-state index is 11.2. The van der Waals surface area contributed by atoms with Crippen molar-refractivity contribution in [2.45, 2.75) is 13.0 Å². The monoisotopic (exact) mass is 219 g/mol. The van der Waals surface area contributed by atoms with Gasteiger partial charge in [-0.25, -0.2) is 0 Å². The number of hydrogen-bond acceptors (Lipinski definition) is 3. The van der Waals surface area contributed by atoms with Gasteiger partial charge in [-0.3, -0.25) is 4.79 Å². The van der Waals surface area contributed by atoms with E-state index in [-0.39, 0.29) is 5.91 Å². The predicted molar refractivity (Wildman–Crippen MR) is 64.8 cm³/mol. The van der Waals surface area contributed by atoms with Crippen LogP contribution in [0.1, 0.15) is 15.9 Å². The number of carbonyl (C=O) groups is 1. The molecule has 0 bridgehead atoms. The molecule has 1 aromatic rings. The predicted octanol–water partition coefficient (Wildman–Crippen LogP) is 0.502. The quantitative estimate of drug-likeness (QED) is 0.778. The Kier molecular flexibility index (Phi) is 2.83. The molecule has 4 heteroatoms. The molecule has 0 saturated carbocycles. The number of nitrogens with one attached hydrogen (secondary N) is 1. The second-order valence-electron chi connectivity index (χ2n) is 4.25. The van der Waals surface area contributed by atoms with Gasteiger partial charge in [-0.15, -0.1) is 0 Å². The van der Waals surface area contributed by atoms with Gasteiger partial charge in [-0.05, 0) is 31.7 Å². The Morgan fingerprint density at radius 3 is 2.75 bits per heavy atom. The Morgan fingerprint density at radius 1 is 1.50 bits per heavy atom. The van der Waals surface area contributed by atoms with Crippen LogP contribution < -0.4 is 16.0 Å². The van der Waals surface area contributed by atoms with E-state index in [1.165, 1.54) is 0 Å². The molecule has 1 heterocycles. The lowest BCUT2D eigenvalue weighted by Crippen LogP contribution is -2.57. The van der Waals surface area contributed by atoms with Gasteiger partial charge in [0.2, 0.25) is 5.91 Å². The molecule has 0 unspecified atom stereocenters. The number of primary amides is 1. The average Bonchev–Trinajstić information content (AvgIpc) is 2.18. The fourth-order valence-electron chi connectivity index (χ4n) is 1.94. The molecule has 86 valence electrons. The van der Waals surface area contributed by atoms with E-state index >= 15 is 0 Å². The van der Waals surface area contributed by atoms with E-state index in [1.807, 2.05) is 32.2 Å². The van der Waals surface area contributed by atoms with Gasteiger partial charge in [0, 0.05) is 30.4 Å². The van der Waals surface area contributed by atoms with E-state index in [4.69, 9.17) is 5.73 Å². The minimum atomic E-state index is -0.356. The van der Waals surface area contributed by atoms with Crippen LogP contribution in [0.4, 0.5) is 5.69 Å². The number of amides is 1. The van der Waals surface area contributed by atoms with Crippen LogP contribution in [0.2, 0.25) is 0 Å². The van der Waals surface area contributed by atoms with Crippen molar-refractivity contribution in [2.24, 2.45) is 5.73 Å². The first-order valence-corrected chi connectivity index (χ1v) is 5.44. The molecule has 0 spiro atoms. The van der Waals surface area contributed by atoms with Crippen molar-refractivity contribution in [1.82, 2.24) is 5.32 Å². The lowest BCUT2D eigenvalue weighted by molar-refractivity contribution is 0.0999. The van der Waals surface area contributed by atoms with Gasteiger partial charge in [-0.1, -0.05) is 6.07 Å². The van der Waals surface area contributed by atoms with Gasteiger partial charge < -0.3 is 16.0 Å². The third kappa shape index (κ3) is 1.88. The number of aryl methyl sites for hydroxylation is 1. The first kappa shape index (κ1) is 11.0. The minimum absolute atomic E-state index is 0.356. The highest BCUT2D eigenvalue weighted by atomic mass is 16.1. The summed E-state index contributed by atoms with van der Waals surface area (Å²) in [4.78, 5) is 13.4. The summed E-state index contributed by atoms with van der Waals surface area (Å²) < 4.78 is 0. The van der Waals surface area contributed by atoms with Crippen molar-refractivity contribution in [1.29, 1.82) is 0 Å². The largest absolute Gasteiger partial charge is 0.368 e. The summed E-state index contributed by atoms with van der Waals surface area (Å²) in [5.74, 6) is -0.356. The van der Waals surface area contributed by atoms with Gasteiger partial charge in [-0.2, -0.15) is 0 Å². The SMILES string of the molecule is CNC1CN(c2ccc(C)c(C(N)=O)c2)C1. The van der Waals surface area contributed by atoms with Crippen LogP contribution in [0, 0.1) is 6.92 Å². The number of hydrogen-bond donors (Lipinski definition) is 2. The fraction of sp³-hybridized carbons (Fsp3) is 0.417. The van der Waals surface area contributed by atoms with Crippen LogP contribution in [-0.2, 0) is 0 Å². The van der Waals surface area contributed by atoms with Gasteiger partial charge in [0.15, 0.2) is 0 Å². The molecule has 2 rings (SSSR count). The summed E-state index contributed by atoms with van der Waals surface area (Å²) in [6.45, 7) is 3.87. The van der Waals surface area contributed by atoms with Crippen LogP contribution in [-0.4, -0.2) is 32.1 Å². The van der Waals surface area contributed by atoms with Crippen molar-refractivity contribution in [3.05, 3.63) is 29.3 Å². The Balaban J connectivity index is 2.18. The Morgan fingerprint density at radius 2 is 2.19 bits per heavy atom. The molecule has 16 heavy (non-hydrogen) atoms. The summed E-state index contributed by atoms with van der Waals surface area (Å²) >= 11 is 0. The molecular weight excluding hydrogens is 202 g/mol. The number of anilines is 1. The van der Waals surface area contributed by atoms with Crippen LogP contribution in [0.5, 0.6) is 0 Å². The third-order valence-corrected chi connectivity index (χ3v) is 3.14. The van der Waals surface area contributed by atoms with E-state index in [0.717, 1.165) is 24.3 Å². The van der Waals surface area contributed by atoms with E-state index in [0.29, 0.717) is 11.6 Å². The smallest absolute Gasteiger partial charge is 0.249 e. The summed E-state index contributed by atoms with van der Waals surface area (Å²) in [6.07, 6.45) is 0. The zero-order valence-corrected chi connectivity index (χ0v) is 9.66. The summed E-state index contributed by atoms with van der Waals surface area (Å²) in [6, 6.07) is 6.41. The molecule has 0 atom stereocenters. The molecule has 1 aliphatic heterocycles. The molecule has 1 amide bonds. The van der Waals surface area contributed by atoms with E-state index in [9.17, 15) is 4.79 Å². The fourth-order valence-corrected chi connectivity index (χ4v) is 1.94. The number of nitrogens with zero attached hydrogens (tertiary/aromatic N) is 1. The van der Waals surface area contributed by atoms with Gasteiger partial charge in [0.25, 0.3) is 0 Å². The third-order valence-electron chi connectivity index (χ3n) is 3.14. The summed E-state index contributed by atoms with van der Waals surface area (Å²) in [7, 11) is 1.96. The number of benzene rings is 1. The molecule has 4 nitrogen and oxygen atoms in total. The van der Waals surface area contributed by atoms with E-state index in [1.54, 1.807) is 0 Å². The zero-order valence-electron chi connectivity index (χ0n) is 9.66. The topological polar surface area (TPSA) is 58.4 Å². The molecule has 1 fully saturated rings. The highest BCUT2D eigenvalue weighted by Gasteiger charge is 2.25. The van der Waals surface area contributed by atoms with Crippen molar-refractivity contribution >= 4 is 11.6 Å². The Hall–Kier alpha value is -1.55. The highest BCUT2D eigenvalue weighted by molar-refractivity contribution is 5.95. The number of rotatable bonds is 3. The minimum Gasteiger partial charge on any atom is -0.368 e. The summed E-state index contributed by atoms with van der Waals surface area (Å²) in [5.41, 5.74) is 7.95. The van der Waals surface area contributed by atoms with Crippen molar-refractivity contribution in [3.63, 3.8) is 0 Å². The lowest BCUT2D eigenvalue weighted by Gasteiger charge is -2.41. The van der Waals surface area contributed by atoms with Crippen LogP contribution in [0.25, 0.3) is 0 Å². The van der Waals surface area contributed by atoms with Crippen molar-refractivity contribution in [2.75, 3.05) is 25.0 Å². The standard InChI is InChI=1S/C12H17N3O/c1-8-3-4-10(5-11(8)12(13)16)15-6-9(7-15)14-2/h3-5,9,14H,6-7H2,1-2H3,(H2,13,16). The van der Waals surface area contributed by atoms with Crippen molar-refractivity contribution in [3.8, 4) is 0 Å². The number of nitrogens with two attached hydrogens (primary N) is 1. The first-order valence-electron chi connectivity index (χ1n) is 5.44. The Labute approximate surface area is 95.4 Å². The molecular formula is C12H17N3O. The van der Waals surface area contributed by atoms with Crippen LogP contribution in [0.15, 0.2) is 18.2 Å². The molecule has 0 aliphatic carbocycles. The molecule has 1 saturated heterocycles. The average molecular weight is 219 g/mol. The molecule has 1 aromatic carbocycles. The van der Waals surface area contributed by atoms with E-state index in [2.05, 4.69) is 10.2 Å². The lowest BCUT2D eigenvalue weighted by atomic mass is 10.0. The Bertz CT molecular complexity index is 411. The maximum Gasteiger partial charge on any atom is 0.249 e. The number of carbonyl (C=O) groups excluding carboxylic acids is 1. The van der Waals surface area contributed by atoms with Gasteiger partial charge in [0.05, 0.1) is 0 Å². The van der Waals surface area contributed by atoms with Crippen LogP contribution >= 0.6 is 0 Å². The molecule has 0 aromatic heterocycles.